The third-order valence-corrected chi connectivity index (χ3v) is 0.814. The monoisotopic (exact) mass is 197 g/mol. The number of nitrogens with one attached hydrogen (secondary N) is 2. The summed E-state index contributed by atoms with van der Waals surface area (Å²) in [6.07, 6.45) is 0. The van der Waals surface area contributed by atoms with Gasteiger partial charge < -0.3 is 10.9 Å². The van der Waals surface area contributed by atoms with Crippen LogP contribution in [-0.4, -0.2) is 40.1 Å². The van der Waals surface area contributed by atoms with Crippen LogP contribution in [0.5, 0.6) is 0 Å². The Balaban J connectivity index is 3.47. The largest absolute Gasteiger partial charge is 0.566 e. The summed E-state index contributed by atoms with van der Waals surface area (Å²) in [5, 5.41) is 32.4. The average molecular weight is 197 g/mol. The lowest BCUT2D eigenvalue weighted by Crippen LogP contribution is -3.03. The molecule has 0 aliphatic carbocycles. The minimum atomic E-state index is -1.41. The van der Waals surface area contributed by atoms with E-state index >= 15 is 0 Å². The first-order valence-corrected chi connectivity index (χ1v) is 3.12. The molecular weight excluding hydrogens is 186 g/mol. The SMILES string of the molecule is NC(=NCCO[NH+]([O-])O)NN(O)O. The predicted octanol–water partition coefficient (Wildman–Crippen LogP) is -3.41. The maximum absolute atomic E-state index is 9.82. The van der Waals surface area contributed by atoms with Gasteiger partial charge in [-0.15, -0.1) is 0 Å². The standard InChI is InChI=1S/C3H11N5O5/c4-3(6-7(9)10)5-1-2-13-8(11)12/h8-11H,1-2H2,(H3,4,5,6). The van der Waals surface area contributed by atoms with Crippen molar-refractivity contribution in [3.63, 3.8) is 0 Å². The third-order valence-electron chi connectivity index (χ3n) is 0.814. The molecule has 0 spiro atoms. The lowest BCUT2D eigenvalue weighted by atomic mass is 10.7. The highest BCUT2D eigenvalue weighted by Crippen LogP contribution is 1.70. The van der Waals surface area contributed by atoms with Crippen molar-refractivity contribution >= 4 is 5.96 Å². The molecule has 13 heavy (non-hydrogen) atoms. The minimum absolute atomic E-state index is 0.0149. The fraction of sp³-hybridized carbons (Fsp3) is 0.667. The van der Waals surface area contributed by atoms with E-state index < -0.39 is 5.39 Å². The van der Waals surface area contributed by atoms with Crippen LogP contribution in [0, 0.1) is 5.21 Å². The number of nitrogens with two attached hydrogens (primary N) is 1. The van der Waals surface area contributed by atoms with E-state index in [0.717, 1.165) is 0 Å². The predicted molar refractivity (Wildman–Crippen MR) is 37.1 cm³/mol. The second-order valence-electron chi connectivity index (χ2n) is 1.78. The van der Waals surface area contributed by atoms with Crippen molar-refractivity contribution in [3.05, 3.63) is 5.21 Å². The number of quaternary nitrogens is 1. The molecule has 10 heteroatoms. The van der Waals surface area contributed by atoms with Gasteiger partial charge >= 0.3 is 0 Å². The molecular formula is C3H11N5O5. The van der Waals surface area contributed by atoms with Gasteiger partial charge in [-0.3, -0.25) is 10.4 Å². The van der Waals surface area contributed by atoms with Crippen LogP contribution in [0.25, 0.3) is 0 Å². The van der Waals surface area contributed by atoms with Gasteiger partial charge in [-0.05, 0) is 0 Å². The highest BCUT2D eigenvalue weighted by atomic mass is 17.1. The number of aliphatic imine (C=N–C) groups is 1. The number of hydrogen-bond acceptors (Lipinski definition) is 7. The second-order valence-corrected chi connectivity index (χ2v) is 1.78. The molecule has 78 valence electrons. The van der Waals surface area contributed by atoms with Gasteiger partial charge in [0.15, 0.2) is 0 Å². The van der Waals surface area contributed by atoms with Crippen LogP contribution >= 0.6 is 0 Å². The lowest BCUT2D eigenvalue weighted by molar-refractivity contribution is -1.21. The highest BCUT2D eigenvalue weighted by molar-refractivity contribution is 5.77. The minimum Gasteiger partial charge on any atom is -0.566 e. The second kappa shape index (κ2) is 6.50. The molecule has 0 aromatic carbocycles. The van der Waals surface area contributed by atoms with Gasteiger partial charge in [0.2, 0.25) is 5.96 Å². The number of guanidine groups is 1. The Morgan fingerprint density at radius 3 is 2.77 bits per heavy atom. The van der Waals surface area contributed by atoms with E-state index in [4.69, 9.17) is 21.4 Å². The molecule has 0 rings (SSSR count). The molecule has 1 atom stereocenters. The normalized spacial score (nSPS) is 14.7. The van der Waals surface area contributed by atoms with Gasteiger partial charge in [-0.1, -0.05) is 5.39 Å². The summed E-state index contributed by atoms with van der Waals surface area (Å²) in [5.41, 5.74) is 6.87. The molecule has 0 amide bonds. The Labute approximate surface area is 72.8 Å². The van der Waals surface area contributed by atoms with Crippen molar-refractivity contribution in [2.24, 2.45) is 10.7 Å². The Kier molecular flexibility index (Phi) is 5.99. The van der Waals surface area contributed by atoms with E-state index in [1.165, 1.54) is 0 Å². The topological polar surface area (TPSA) is 151 Å². The van der Waals surface area contributed by atoms with Gasteiger partial charge in [-0.25, -0.2) is 10.4 Å². The maximum atomic E-state index is 9.82. The van der Waals surface area contributed by atoms with Crippen molar-refractivity contribution in [1.29, 1.82) is 0 Å². The number of hydrazine groups is 1. The molecule has 0 heterocycles. The lowest BCUT2D eigenvalue weighted by Gasteiger charge is -2.09. The molecule has 0 radical (unpaired) electrons. The summed E-state index contributed by atoms with van der Waals surface area (Å²) in [4.78, 5) is 7.55. The van der Waals surface area contributed by atoms with Crippen molar-refractivity contribution in [2.75, 3.05) is 13.2 Å². The molecule has 10 nitrogen and oxygen atoms in total. The molecule has 0 aromatic rings. The van der Waals surface area contributed by atoms with Crippen molar-refractivity contribution in [3.8, 4) is 0 Å². The summed E-state index contributed by atoms with van der Waals surface area (Å²) < 4.78 is 0. The summed E-state index contributed by atoms with van der Waals surface area (Å²) in [6.45, 7) is -0.173. The molecule has 0 aromatic heterocycles. The molecule has 0 saturated carbocycles. The molecule has 0 aliphatic rings. The smallest absolute Gasteiger partial charge is 0.207 e. The van der Waals surface area contributed by atoms with Crippen molar-refractivity contribution < 1.29 is 25.8 Å². The fourth-order valence-electron chi connectivity index (χ4n) is 0.437. The van der Waals surface area contributed by atoms with Gasteiger partial charge in [0.1, 0.15) is 6.61 Å². The van der Waals surface area contributed by atoms with Crippen LogP contribution in [0.15, 0.2) is 4.99 Å². The Bertz CT molecular complexity index is 160. The van der Waals surface area contributed by atoms with E-state index in [0.29, 0.717) is 0 Å². The summed E-state index contributed by atoms with van der Waals surface area (Å²) in [7, 11) is 0. The summed E-state index contributed by atoms with van der Waals surface area (Å²) in [6, 6.07) is 0. The third kappa shape index (κ3) is 8.90. The van der Waals surface area contributed by atoms with E-state index in [9.17, 15) is 5.21 Å². The zero-order valence-electron chi connectivity index (χ0n) is 6.54. The van der Waals surface area contributed by atoms with E-state index in [1.54, 1.807) is 5.43 Å². The van der Waals surface area contributed by atoms with Crippen LogP contribution in [0.2, 0.25) is 0 Å². The Morgan fingerprint density at radius 1 is 1.69 bits per heavy atom. The zero-order chi connectivity index (χ0) is 10.3. The zero-order valence-corrected chi connectivity index (χ0v) is 6.54. The van der Waals surface area contributed by atoms with Crippen LogP contribution in [0.4, 0.5) is 0 Å². The van der Waals surface area contributed by atoms with Gasteiger partial charge in [-0.2, -0.15) is 10.0 Å². The quantitative estimate of drug-likeness (QED) is 0.115. The van der Waals surface area contributed by atoms with Gasteiger partial charge in [0.25, 0.3) is 0 Å². The summed E-state index contributed by atoms with van der Waals surface area (Å²) in [5.74, 6) is -0.279. The number of rotatable bonds is 5. The van der Waals surface area contributed by atoms with Crippen LogP contribution in [0.1, 0.15) is 0 Å². The van der Waals surface area contributed by atoms with Gasteiger partial charge in [0.05, 0.1) is 6.54 Å². The number of hydrogen-bond donors (Lipinski definition) is 6. The van der Waals surface area contributed by atoms with E-state index in [2.05, 4.69) is 9.83 Å². The number of nitrogens with zero attached hydrogens (tertiary/aromatic N) is 2. The van der Waals surface area contributed by atoms with E-state index in [-0.39, 0.29) is 24.4 Å². The molecule has 0 bridgehead atoms. The first kappa shape index (κ1) is 12.0. The van der Waals surface area contributed by atoms with Gasteiger partial charge in [0, 0.05) is 5.34 Å². The Hall–Kier alpha value is -1.01. The summed E-state index contributed by atoms with van der Waals surface area (Å²) >= 11 is 0. The maximum Gasteiger partial charge on any atom is 0.207 e. The van der Waals surface area contributed by atoms with Crippen molar-refractivity contribution in [1.82, 2.24) is 10.8 Å². The first-order chi connectivity index (χ1) is 6.02. The average Bonchev–Trinajstić information content (AvgIpc) is 1.96. The molecule has 7 N–H and O–H groups in total. The molecule has 0 aliphatic heterocycles. The first-order valence-electron chi connectivity index (χ1n) is 3.12. The Morgan fingerprint density at radius 2 is 2.31 bits per heavy atom. The highest BCUT2D eigenvalue weighted by Gasteiger charge is 1.95. The van der Waals surface area contributed by atoms with E-state index in [1.807, 2.05) is 0 Å². The molecule has 0 saturated heterocycles. The molecule has 0 fully saturated rings. The molecule has 1 unspecified atom stereocenters. The van der Waals surface area contributed by atoms with Crippen LogP contribution in [-0.2, 0) is 4.84 Å². The fourth-order valence-corrected chi connectivity index (χ4v) is 0.437. The van der Waals surface area contributed by atoms with Crippen molar-refractivity contribution in [2.45, 2.75) is 0 Å². The van der Waals surface area contributed by atoms with Crippen LogP contribution < -0.4 is 16.5 Å². The van der Waals surface area contributed by atoms with Crippen LogP contribution in [0.3, 0.4) is 0 Å².